The van der Waals surface area contributed by atoms with Crippen LogP contribution in [0.15, 0.2) is 24.3 Å². The van der Waals surface area contributed by atoms with Crippen LogP contribution < -0.4 is 0 Å². The molecule has 0 aliphatic carbocycles. The number of hydrogen-bond acceptors (Lipinski definition) is 1. The van der Waals surface area contributed by atoms with Gasteiger partial charge in [0.15, 0.2) is 0 Å². The number of benzene rings is 1. The molecule has 0 saturated carbocycles. The van der Waals surface area contributed by atoms with E-state index in [2.05, 4.69) is 0 Å². The third-order valence-corrected chi connectivity index (χ3v) is 2.14. The quantitative estimate of drug-likeness (QED) is 0.717. The van der Waals surface area contributed by atoms with Crippen molar-refractivity contribution in [3.8, 4) is 6.07 Å². The molecule has 3 heteroatoms. The molecule has 0 spiro atoms. The van der Waals surface area contributed by atoms with Gasteiger partial charge in [-0.3, -0.25) is 0 Å². The molecule has 1 aromatic carbocycles. The number of nitrogens with zero attached hydrogens (tertiary/aromatic N) is 1. The number of rotatable bonds is 4. The molecule has 0 aliphatic rings. The summed E-state index contributed by atoms with van der Waals surface area (Å²) in [7, 11) is 0. The summed E-state index contributed by atoms with van der Waals surface area (Å²) in [4.78, 5) is 0. The molecule has 1 aromatic rings. The van der Waals surface area contributed by atoms with Crippen LogP contribution in [-0.2, 0) is 6.42 Å². The average molecular weight is 224 g/mol. The summed E-state index contributed by atoms with van der Waals surface area (Å²) in [5.41, 5.74) is 1.33. The van der Waals surface area contributed by atoms with Crippen molar-refractivity contribution < 1.29 is 4.39 Å². The Morgan fingerprint density at radius 3 is 2.93 bits per heavy atom. The minimum Gasteiger partial charge on any atom is -0.207 e. The van der Waals surface area contributed by atoms with Gasteiger partial charge in [0, 0.05) is 11.4 Å². The number of alkyl halides is 1. The van der Waals surface area contributed by atoms with Crippen LogP contribution >= 0.6 is 11.6 Å². The van der Waals surface area contributed by atoms with E-state index in [-0.39, 0.29) is 12.2 Å². The Hall–Kier alpha value is -1.33. The van der Waals surface area contributed by atoms with E-state index < -0.39 is 0 Å². The van der Waals surface area contributed by atoms with E-state index in [1.807, 2.05) is 18.2 Å². The summed E-state index contributed by atoms with van der Waals surface area (Å²) in [6, 6.07) is 6.68. The molecule has 0 unspecified atom stereocenters. The van der Waals surface area contributed by atoms with Crippen LogP contribution in [0.2, 0.25) is 0 Å². The van der Waals surface area contributed by atoms with Gasteiger partial charge in [-0.1, -0.05) is 18.2 Å². The standard InChI is InChI=1S/C12H11ClFN/c13-7-2-1-3-10-4-5-12(14)11(9-10)6-8-15/h1,3-5,9H,2,6-7H2. The second kappa shape index (κ2) is 6.21. The molecule has 0 radical (unpaired) electrons. The first kappa shape index (κ1) is 11.7. The van der Waals surface area contributed by atoms with Gasteiger partial charge in [0.05, 0.1) is 12.5 Å². The van der Waals surface area contributed by atoms with E-state index in [9.17, 15) is 4.39 Å². The fourth-order valence-corrected chi connectivity index (χ4v) is 1.33. The summed E-state index contributed by atoms with van der Waals surface area (Å²) in [5.74, 6) is 0.244. The van der Waals surface area contributed by atoms with Crippen molar-refractivity contribution in [2.24, 2.45) is 0 Å². The number of hydrogen-bond donors (Lipinski definition) is 0. The van der Waals surface area contributed by atoms with E-state index >= 15 is 0 Å². The average Bonchev–Trinajstić information content (AvgIpc) is 2.23. The van der Waals surface area contributed by atoms with Crippen LogP contribution in [0, 0.1) is 17.1 Å². The Bertz CT molecular complexity index is 393. The molecular formula is C12H11ClFN. The van der Waals surface area contributed by atoms with Gasteiger partial charge >= 0.3 is 0 Å². The number of nitriles is 1. The first-order valence-electron chi connectivity index (χ1n) is 4.66. The highest BCUT2D eigenvalue weighted by Gasteiger charge is 2.01. The van der Waals surface area contributed by atoms with Gasteiger partial charge in [-0.2, -0.15) is 5.26 Å². The van der Waals surface area contributed by atoms with Gasteiger partial charge in [-0.15, -0.1) is 11.6 Å². The van der Waals surface area contributed by atoms with Crippen LogP contribution in [0.25, 0.3) is 6.08 Å². The first-order valence-corrected chi connectivity index (χ1v) is 5.19. The topological polar surface area (TPSA) is 23.8 Å². The molecule has 0 N–H and O–H groups in total. The Morgan fingerprint density at radius 1 is 1.47 bits per heavy atom. The smallest absolute Gasteiger partial charge is 0.127 e. The zero-order valence-electron chi connectivity index (χ0n) is 8.21. The minimum absolute atomic E-state index is 0.100. The summed E-state index contributed by atoms with van der Waals surface area (Å²) in [6.45, 7) is 0. The van der Waals surface area contributed by atoms with Crippen molar-refractivity contribution in [2.45, 2.75) is 12.8 Å². The lowest BCUT2D eigenvalue weighted by atomic mass is 10.1. The van der Waals surface area contributed by atoms with Crippen LogP contribution in [0.5, 0.6) is 0 Å². The van der Waals surface area contributed by atoms with Gasteiger partial charge in [-0.05, 0) is 24.1 Å². The SMILES string of the molecule is N#CCc1cc(C=CCCCl)ccc1F. The number of allylic oxidation sites excluding steroid dienone is 1. The fraction of sp³-hybridized carbons (Fsp3) is 0.250. The zero-order valence-corrected chi connectivity index (χ0v) is 8.97. The lowest BCUT2D eigenvalue weighted by Gasteiger charge is -1.99. The minimum atomic E-state index is -0.328. The number of halogens is 2. The van der Waals surface area contributed by atoms with Crippen molar-refractivity contribution in [1.82, 2.24) is 0 Å². The van der Waals surface area contributed by atoms with Crippen LogP contribution in [0.4, 0.5) is 4.39 Å². The first-order chi connectivity index (χ1) is 7.27. The zero-order chi connectivity index (χ0) is 11.1. The molecule has 1 rings (SSSR count). The Labute approximate surface area is 93.8 Å². The lowest BCUT2D eigenvalue weighted by molar-refractivity contribution is 0.615. The maximum atomic E-state index is 13.1. The maximum Gasteiger partial charge on any atom is 0.127 e. The fourth-order valence-electron chi connectivity index (χ4n) is 1.20. The highest BCUT2D eigenvalue weighted by Crippen LogP contribution is 2.12. The highest BCUT2D eigenvalue weighted by atomic mass is 35.5. The second-order valence-electron chi connectivity index (χ2n) is 3.07. The van der Waals surface area contributed by atoms with Gasteiger partial charge < -0.3 is 0 Å². The monoisotopic (exact) mass is 223 g/mol. The second-order valence-corrected chi connectivity index (χ2v) is 3.44. The normalized spacial score (nSPS) is 10.5. The van der Waals surface area contributed by atoms with E-state index in [0.29, 0.717) is 11.4 Å². The molecule has 0 atom stereocenters. The Morgan fingerprint density at radius 2 is 2.27 bits per heavy atom. The highest BCUT2D eigenvalue weighted by molar-refractivity contribution is 6.17. The summed E-state index contributed by atoms with van der Waals surface area (Å²) in [6.07, 6.45) is 4.69. The predicted molar refractivity (Wildman–Crippen MR) is 60.1 cm³/mol. The van der Waals surface area contributed by atoms with Crippen LogP contribution in [-0.4, -0.2) is 5.88 Å². The molecule has 1 nitrogen and oxygen atoms in total. The molecule has 15 heavy (non-hydrogen) atoms. The van der Waals surface area contributed by atoms with Gasteiger partial charge in [0.2, 0.25) is 0 Å². The van der Waals surface area contributed by atoms with Crippen LogP contribution in [0.3, 0.4) is 0 Å². The van der Waals surface area contributed by atoms with Crippen molar-refractivity contribution in [3.63, 3.8) is 0 Å². The van der Waals surface area contributed by atoms with Crippen molar-refractivity contribution >= 4 is 17.7 Å². The lowest BCUT2D eigenvalue weighted by Crippen LogP contribution is -1.89. The van der Waals surface area contributed by atoms with E-state index in [0.717, 1.165) is 12.0 Å². The molecule has 0 aromatic heterocycles. The van der Waals surface area contributed by atoms with E-state index in [4.69, 9.17) is 16.9 Å². The molecule has 0 heterocycles. The van der Waals surface area contributed by atoms with E-state index in [1.54, 1.807) is 12.1 Å². The maximum absolute atomic E-state index is 13.1. The summed E-state index contributed by atoms with van der Waals surface area (Å²) >= 11 is 5.52. The molecule has 0 aliphatic heterocycles. The molecule has 0 fully saturated rings. The third-order valence-electron chi connectivity index (χ3n) is 1.93. The molecular weight excluding hydrogens is 213 g/mol. The molecule has 0 bridgehead atoms. The van der Waals surface area contributed by atoms with Gasteiger partial charge in [0.25, 0.3) is 0 Å². The largest absolute Gasteiger partial charge is 0.207 e. The molecule has 0 amide bonds. The predicted octanol–water partition coefficient (Wildman–Crippen LogP) is 3.53. The Kier molecular flexibility index (Phi) is 4.86. The third kappa shape index (κ3) is 3.73. The van der Waals surface area contributed by atoms with E-state index in [1.165, 1.54) is 6.07 Å². The molecule has 78 valence electrons. The summed E-state index contributed by atoms with van der Waals surface area (Å²) < 4.78 is 13.1. The van der Waals surface area contributed by atoms with Crippen molar-refractivity contribution in [3.05, 3.63) is 41.2 Å². The van der Waals surface area contributed by atoms with Gasteiger partial charge in [-0.25, -0.2) is 4.39 Å². The van der Waals surface area contributed by atoms with Gasteiger partial charge in [0.1, 0.15) is 5.82 Å². The summed E-state index contributed by atoms with van der Waals surface area (Å²) in [5, 5.41) is 8.50. The Balaban J connectivity index is 2.83. The van der Waals surface area contributed by atoms with Crippen molar-refractivity contribution in [1.29, 1.82) is 5.26 Å². The molecule has 0 saturated heterocycles. The van der Waals surface area contributed by atoms with Crippen molar-refractivity contribution in [2.75, 3.05) is 5.88 Å². The van der Waals surface area contributed by atoms with Crippen LogP contribution in [0.1, 0.15) is 17.5 Å².